The van der Waals surface area contributed by atoms with E-state index in [1.165, 1.54) is 0 Å². The summed E-state index contributed by atoms with van der Waals surface area (Å²) >= 11 is 0. The summed E-state index contributed by atoms with van der Waals surface area (Å²) in [4.78, 5) is 26.5. The van der Waals surface area contributed by atoms with E-state index < -0.39 is 0 Å². The molecule has 1 N–H and O–H groups in total. The molecule has 1 aliphatic carbocycles. The molecule has 1 aliphatic heterocycles. The van der Waals surface area contributed by atoms with E-state index in [2.05, 4.69) is 24.3 Å². The Hall–Kier alpha value is -1.85. The number of nitrogens with one attached hydrogen (secondary N) is 1. The zero-order valence-corrected chi connectivity index (χ0v) is 15.1. The summed E-state index contributed by atoms with van der Waals surface area (Å²) in [5, 5.41) is 7.51. The topological polar surface area (TPSA) is 67.2 Å². The molecule has 6 heteroatoms. The maximum absolute atomic E-state index is 13.0. The van der Waals surface area contributed by atoms with Crippen molar-refractivity contribution in [3.05, 3.63) is 17.5 Å². The summed E-state index contributed by atoms with van der Waals surface area (Å²) in [5.41, 5.74) is 1.64. The number of hydrogen-bond donors (Lipinski definition) is 1. The second kappa shape index (κ2) is 6.57. The van der Waals surface area contributed by atoms with Crippen LogP contribution in [0.4, 0.5) is 0 Å². The van der Waals surface area contributed by atoms with Crippen molar-refractivity contribution in [2.45, 2.75) is 58.5 Å². The van der Waals surface area contributed by atoms with E-state index in [1.807, 2.05) is 24.9 Å². The van der Waals surface area contributed by atoms with Gasteiger partial charge in [-0.2, -0.15) is 5.10 Å². The molecular formula is C18H28N4O2. The lowest BCUT2D eigenvalue weighted by molar-refractivity contribution is -0.124. The van der Waals surface area contributed by atoms with Gasteiger partial charge in [0.2, 0.25) is 5.91 Å². The number of carbonyl (C=O) groups excluding carboxylic acids is 2. The molecule has 0 bridgehead atoms. The quantitative estimate of drug-likeness (QED) is 0.917. The Morgan fingerprint density at radius 2 is 2.12 bits per heavy atom. The smallest absolute Gasteiger partial charge is 0.272 e. The minimum absolute atomic E-state index is 0.0409. The summed E-state index contributed by atoms with van der Waals surface area (Å²) in [6.07, 6.45) is 2.51. The number of rotatable bonds is 4. The predicted octanol–water partition coefficient (Wildman–Crippen LogP) is 2.01. The first-order chi connectivity index (χ1) is 11.4. The third kappa shape index (κ3) is 3.06. The van der Waals surface area contributed by atoms with Gasteiger partial charge in [-0.15, -0.1) is 0 Å². The molecule has 2 aliphatic rings. The summed E-state index contributed by atoms with van der Waals surface area (Å²) in [7, 11) is 1.89. The van der Waals surface area contributed by atoms with Gasteiger partial charge in [0, 0.05) is 32.6 Å². The minimum Gasteiger partial charge on any atom is -0.356 e. The lowest BCUT2D eigenvalue weighted by atomic mass is 9.89. The van der Waals surface area contributed by atoms with Crippen LogP contribution in [-0.2, 0) is 11.3 Å². The Morgan fingerprint density at radius 3 is 2.79 bits per heavy atom. The van der Waals surface area contributed by atoms with Crippen molar-refractivity contribution >= 4 is 11.8 Å². The average molecular weight is 332 g/mol. The standard InChI is InChI=1S/C18H28N4O2/c1-5-22-16(9-15(20-22)11(2)3)18(24)21(4)14-6-12-8-17(23)19-10-13(12)7-14/h9,11-14H,5-8,10H2,1-4H3,(H,19,23)/t12-,13+,14-/m1/s1. The normalized spacial score (nSPS) is 26.4. The van der Waals surface area contributed by atoms with Crippen molar-refractivity contribution in [1.29, 1.82) is 0 Å². The van der Waals surface area contributed by atoms with Gasteiger partial charge in [0.15, 0.2) is 0 Å². The maximum Gasteiger partial charge on any atom is 0.272 e. The molecular weight excluding hydrogens is 304 g/mol. The molecule has 132 valence electrons. The van der Waals surface area contributed by atoms with E-state index >= 15 is 0 Å². The molecule has 1 saturated carbocycles. The second-order valence-corrected chi connectivity index (χ2v) is 7.49. The van der Waals surface area contributed by atoms with Gasteiger partial charge in [-0.25, -0.2) is 0 Å². The maximum atomic E-state index is 13.0. The fraction of sp³-hybridized carbons (Fsp3) is 0.722. The Morgan fingerprint density at radius 1 is 1.42 bits per heavy atom. The van der Waals surface area contributed by atoms with Crippen molar-refractivity contribution < 1.29 is 9.59 Å². The third-order valence-corrected chi connectivity index (χ3v) is 5.60. The van der Waals surface area contributed by atoms with Crippen LogP contribution in [0.25, 0.3) is 0 Å². The van der Waals surface area contributed by atoms with Crippen molar-refractivity contribution in [1.82, 2.24) is 20.0 Å². The molecule has 0 aromatic carbocycles. The van der Waals surface area contributed by atoms with Crippen LogP contribution in [0.5, 0.6) is 0 Å². The minimum atomic E-state index is 0.0409. The van der Waals surface area contributed by atoms with E-state index in [1.54, 1.807) is 4.68 Å². The van der Waals surface area contributed by atoms with Crippen molar-refractivity contribution in [2.24, 2.45) is 11.8 Å². The lowest BCUT2D eigenvalue weighted by Gasteiger charge is -2.25. The molecule has 3 atom stereocenters. The highest BCUT2D eigenvalue weighted by Gasteiger charge is 2.41. The van der Waals surface area contributed by atoms with E-state index in [9.17, 15) is 9.59 Å². The van der Waals surface area contributed by atoms with Gasteiger partial charge in [0.05, 0.1) is 5.69 Å². The van der Waals surface area contributed by atoms with E-state index in [-0.39, 0.29) is 17.9 Å². The van der Waals surface area contributed by atoms with Crippen molar-refractivity contribution in [2.75, 3.05) is 13.6 Å². The van der Waals surface area contributed by atoms with E-state index in [4.69, 9.17) is 0 Å². The summed E-state index contributed by atoms with van der Waals surface area (Å²) in [6.45, 7) is 7.63. The van der Waals surface area contributed by atoms with Gasteiger partial charge in [-0.05, 0) is 43.6 Å². The van der Waals surface area contributed by atoms with E-state index in [0.29, 0.717) is 36.4 Å². The fourth-order valence-corrected chi connectivity index (χ4v) is 4.03. The van der Waals surface area contributed by atoms with Gasteiger partial charge in [-0.3, -0.25) is 14.3 Å². The number of aromatic nitrogens is 2. The average Bonchev–Trinajstić information content (AvgIpc) is 3.16. The van der Waals surface area contributed by atoms with Crippen LogP contribution in [0.1, 0.15) is 62.1 Å². The number of nitrogens with zero attached hydrogens (tertiary/aromatic N) is 3. The van der Waals surface area contributed by atoms with Crippen LogP contribution in [0, 0.1) is 11.8 Å². The first-order valence-corrected chi connectivity index (χ1v) is 9.02. The molecule has 6 nitrogen and oxygen atoms in total. The molecule has 0 spiro atoms. The monoisotopic (exact) mass is 332 g/mol. The van der Waals surface area contributed by atoms with Crippen LogP contribution in [0.15, 0.2) is 6.07 Å². The molecule has 2 heterocycles. The summed E-state index contributed by atoms with van der Waals surface area (Å²) in [5.74, 6) is 1.42. The highest BCUT2D eigenvalue weighted by atomic mass is 16.2. The molecule has 1 aromatic rings. The summed E-state index contributed by atoms with van der Waals surface area (Å²) < 4.78 is 1.81. The zero-order valence-electron chi connectivity index (χ0n) is 15.1. The van der Waals surface area contributed by atoms with E-state index in [0.717, 1.165) is 25.1 Å². The highest BCUT2D eigenvalue weighted by Crippen LogP contribution is 2.38. The number of fused-ring (bicyclic) bond motifs is 1. The highest BCUT2D eigenvalue weighted by molar-refractivity contribution is 5.92. The molecule has 3 rings (SSSR count). The Bertz CT molecular complexity index is 637. The van der Waals surface area contributed by atoms with Crippen LogP contribution in [-0.4, -0.2) is 46.1 Å². The first kappa shape index (κ1) is 17.0. The number of aryl methyl sites for hydroxylation is 1. The Kier molecular flexibility index (Phi) is 4.65. The molecule has 24 heavy (non-hydrogen) atoms. The van der Waals surface area contributed by atoms with Gasteiger partial charge in [0.1, 0.15) is 5.69 Å². The lowest BCUT2D eigenvalue weighted by Crippen LogP contribution is -2.38. The Labute approximate surface area is 143 Å². The van der Waals surface area contributed by atoms with Crippen LogP contribution < -0.4 is 5.32 Å². The SMILES string of the molecule is CCn1nc(C(C)C)cc1C(=O)N(C)[C@H]1C[C@H]2CNC(=O)C[C@H]2C1. The number of hydrogen-bond acceptors (Lipinski definition) is 3. The number of carbonyl (C=O) groups is 2. The summed E-state index contributed by atoms with van der Waals surface area (Å²) in [6, 6.07) is 2.14. The molecule has 1 aromatic heterocycles. The largest absolute Gasteiger partial charge is 0.356 e. The van der Waals surface area contributed by atoms with Crippen LogP contribution in [0.3, 0.4) is 0 Å². The van der Waals surface area contributed by atoms with Gasteiger partial charge < -0.3 is 10.2 Å². The van der Waals surface area contributed by atoms with Gasteiger partial charge in [0.25, 0.3) is 5.91 Å². The molecule has 2 amide bonds. The molecule has 1 saturated heterocycles. The number of amides is 2. The van der Waals surface area contributed by atoms with Crippen molar-refractivity contribution in [3.8, 4) is 0 Å². The first-order valence-electron chi connectivity index (χ1n) is 9.02. The van der Waals surface area contributed by atoms with Gasteiger partial charge >= 0.3 is 0 Å². The predicted molar refractivity (Wildman–Crippen MR) is 91.7 cm³/mol. The van der Waals surface area contributed by atoms with Crippen molar-refractivity contribution in [3.63, 3.8) is 0 Å². The van der Waals surface area contributed by atoms with Crippen LogP contribution >= 0.6 is 0 Å². The van der Waals surface area contributed by atoms with Crippen LogP contribution in [0.2, 0.25) is 0 Å². The fourth-order valence-electron chi connectivity index (χ4n) is 4.03. The number of piperidine rings is 1. The van der Waals surface area contributed by atoms with Gasteiger partial charge in [-0.1, -0.05) is 13.8 Å². The molecule has 0 radical (unpaired) electrons. The third-order valence-electron chi connectivity index (χ3n) is 5.60. The molecule has 2 fully saturated rings. The zero-order chi connectivity index (χ0) is 17.4. The molecule has 0 unspecified atom stereocenters. The Balaban J connectivity index is 1.74. The second-order valence-electron chi connectivity index (χ2n) is 7.49.